The lowest BCUT2D eigenvalue weighted by atomic mass is 9.86. The first-order valence-electron chi connectivity index (χ1n) is 9.25. The summed E-state index contributed by atoms with van der Waals surface area (Å²) in [6.07, 6.45) is 5.63. The minimum Gasteiger partial charge on any atom is -0.457 e. The molecule has 28 heavy (non-hydrogen) atoms. The van der Waals surface area contributed by atoms with Crippen molar-refractivity contribution in [3.63, 3.8) is 0 Å². The second kappa shape index (κ2) is 8.53. The van der Waals surface area contributed by atoms with Crippen molar-refractivity contribution in [3.05, 3.63) is 57.8 Å². The molecule has 0 radical (unpaired) electrons. The van der Waals surface area contributed by atoms with E-state index in [4.69, 9.17) is 4.42 Å². The van der Waals surface area contributed by atoms with E-state index < -0.39 is 10.8 Å². The summed E-state index contributed by atoms with van der Waals surface area (Å²) in [4.78, 5) is 22.9. The maximum Gasteiger partial charge on any atom is 0.270 e. The summed E-state index contributed by atoms with van der Waals surface area (Å²) in [6, 6.07) is 11.4. The molecular weight excluding hydrogens is 358 g/mol. The van der Waals surface area contributed by atoms with Gasteiger partial charge in [0.2, 0.25) is 0 Å². The van der Waals surface area contributed by atoms with Gasteiger partial charge in [0.1, 0.15) is 23.2 Å². The Balaban J connectivity index is 1.76. The van der Waals surface area contributed by atoms with Gasteiger partial charge in [-0.25, -0.2) is 0 Å². The van der Waals surface area contributed by atoms with Crippen LogP contribution in [0, 0.1) is 27.4 Å². The number of benzene rings is 1. The SMILES string of the molecule is C[C@@H]1CCCC[C@@H]1NC(=O)/C(C#N)=C/c1ccc(-c2cccc([N+](=O)[O-])c2)o1. The lowest BCUT2D eigenvalue weighted by Gasteiger charge is -2.29. The van der Waals surface area contributed by atoms with Crippen LogP contribution in [0.15, 0.2) is 46.4 Å². The van der Waals surface area contributed by atoms with Crippen LogP contribution >= 0.6 is 0 Å². The summed E-state index contributed by atoms with van der Waals surface area (Å²) >= 11 is 0. The van der Waals surface area contributed by atoms with Gasteiger partial charge in [-0.3, -0.25) is 14.9 Å². The minimum atomic E-state index is -0.475. The van der Waals surface area contributed by atoms with Gasteiger partial charge in [-0.05, 0) is 30.9 Å². The van der Waals surface area contributed by atoms with Crippen molar-refractivity contribution in [2.45, 2.75) is 38.6 Å². The Morgan fingerprint density at radius 1 is 1.32 bits per heavy atom. The quantitative estimate of drug-likeness (QED) is 0.357. The molecule has 0 aliphatic heterocycles. The lowest BCUT2D eigenvalue weighted by Crippen LogP contribution is -2.41. The molecule has 2 aromatic rings. The van der Waals surface area contributed by atoms with Crippen LogP contribution in [0.1, 0.15) is 38.4 Å². The van der Waals surface area contributed by atoms with Crippen molar-refractivity contribution in [3.8, 4) is 17.4 Å². The zero-order chi connectivity index (χ0) is 20.1. The molecule has 144 valence electrons. The maximum atomic E-state index is 12.5. The van der Waals surface area contributed by atoms with Gasteiger partial charge >= 0.3 is 0 Å². The van der Waals surface area contributed by atoms with Gasteiger partial charge in [0.15, 0.2) is 0 Å². The first kappa shape index (κ1) is 19.4. The Labute approximate surface area is 162 Å². The van der Waals surface area contributed by atoms with E-state index in [1.165, 1.54) is 24.6 Å². The highest BCUT2D eigenvalue weighted by molar-refractivity contribution is 6.01. The standard InChI is InChI=1S/C21H21N3O4/c1-14-5-2-3-8-19(14)23-21(25)16(13-22)12-18-9-10-20(28-18)15-6-4-7-17(11-15)24(26)27/h4,6-7,9-12,14,19H,2-3,5,8H2,1H3,(H,23,25)/b16-12+/t14-,19+/m1/s1. The van der Waals surface area contributed by atoms with Crippen molar-refractivity contribution in [1.82, 2.24) is 5.32 Å². The number of nitro groups is 1. The van der Waals surface area contributed by atoms with Crippen LogP contribution < -0.4 is 5.32 Å². The van der Waals surface area contributed by atoms with Crippen LogP contribution in [-0.2, 0) is 4.79 Å². The highest BCUT2D eigenvalue weighted by atomic mass is 16.6. The summed E-state index contributed by atoms with van der Waals surface area (Å²) in [7, 11) is 0. The topological polar surface area (TPSA) is 109 Å². The molecule has 7 heteroatoms. The van der Waals surface area contributed by atoms with Crippen LogP contribution in [-0.4, -0.2) is 16.9 Å². The highest BCUT2D eigenvalue weighted by Crippen LogP contribution is 2.27. The van der Waals surface area contributed by atoms with Gasteiger partial charge < -0.3 is 9.73 Å². The third-order valence-corrected chi connectivity index (χ3v) is 5.05. The number of rotatable bonds is 5. The smallest absolute Gasteiger partial charge is 0.270 e. The second-order valence-corrected chi connectivity index (χ2v) is 7.02. The van der Waals surface area contributed by atoms with E-state index in [1.807, 2.05) is 6.07 Å². The Hall–Kier alpha value is -3.40. The fourth-order valence-corrected chi connectivity index (χ4v) is 3.43. The van der Waals surface area contributed by atoms with Crippen molar-refractivity contribution in [1.29, 1.82) is 5.26 Å². The first-order chi connectivity index (χ1) is 13.5. The van der Waals surface area contributed by atoms with Crippen LogP contribution in [0.2, 0.25) is 0 Å². The second-order valence-electron chi connectivity index (χ2n) is 7.02. The molecule has 1 aliphatic rings. The van der Waals surface area contributed by atoms with Crippen molar-refractivity contribution in [2.75, 3.05) is 0 Å². The van der Waals surface area contributed by atoms with Crippen LogP contribution in [0.3, 0.4) is 0 Å². The average Bonchev–Trinajstić information content (AvgIpc) is 3.16. The molecule has 1 aliphatic carbocycles. The Bertz CT molecular complexity index is 955. The first-order valence-corrected chi connectivity index (χ1v) is 9.25. The molecule has 0 spiro atoms. The minimum absolute atomic E-state index is 0.0299. The van der Waals surface area contributed by atoms with E-state index in [0.717, 1.165) is 19.3 Å². The van der Waals surface area contributed by atoms with E-state index in [2.05, 4.69) is 12.2 Å². The van der Waals surface area contributed by atoms with E-state index in [0.29, 0.717) is 23.0 Å². The molecule has 1 aromatic carbocycles. The number of hydrogen-bond acceptors (Lipinski definition) is 5. The molecule has 0 bridgehead atoms. The number of hydrogen-bond donors (Lipinski definition) is 1. The average molecular weight is 379 g/mol. The number of carbonyl (C=O) groups is 1. The summed E-state index contributed by atoms with van der Waals surface area (Å²) in [5.41, 5.74) is 0.482. The number of nitrogens with one attached hydrogen (secondary N) is 1. The van der Waals surface area contributed by atoms with Gasteiger partial charge in [-0.2, -0.15) is 5.26 Å². The Morgan fingerprint density at radius 3 is 2.82 bits per heavy atom. The molecule has 1 amide bonds. The zero-order valence-corrected chi connectivity index (χ0v) is 15.6. The van der Waals surface area contributed by atoms with E-state index >= 15 is 0 Å². The van der Waals surface area contributed by atoms with Crippen molar-refractivity contribution < 1.29 is 14.1 Å². The number of carbonyl (C=O) groups excluding carboxylic acids is 1. The molecular formula is C21H21N3O4. The Kier molecular flexibility index (Phi) is 5.90. The molecule has 1 aromatic heterocycles. The van der Waals surface area contributed by atoms with E-state index in [-0.39, 0.29) is 17.3 Å². The number of amides is 1. The number of nitriles is 1. The monoisotopic (exact) mass is 379 g/mol. The molecule has 1 fully saturated rings. The van der Waals surface area contributed by atoms with Gasteiger partial charge in [-0.1, -0.05) is 31.9 Å². The molecule has 1 N–H and O–H groups in total. The van der Waals surface area contributed by atoms with Crippen molar-refractivity contribution >= 4 is 17.7 Å². The summed E-state index contributed by atoms with van der Waals surface area (Å²) in [5, 5.41) is 23.3. The van der Waals surface area contributed by atoms with Gasteiger partial charge in [0.05, 0.1) is 4.92 Å². The fraction of sp³-hybridized carbons (Fsp3) is 0.333. The zero-order valence-electron chi connectivity index (χ0n) is 15.6. The molecule has 1 saturated carbocycles. The predicted molar refractivity (Wildman–Crippen MR) is 104 cm³/mol. The predicted octanol–water partition coefficient (Wildman–Crippen LogP) is 4.46. The molecule has 0 unspecified atom stereocenters. The fourth-order valence-electron chi connectivity index (χ4n) is 3.43. The Morgan fingerprint density at radius 2 is 2.11 bits per heavy atom. The van der Waals surface area contributed by atoms with Gasteiger partial charge in [0.25, 0.3) is 11.6 Å². The van der Waals surface area contributed by atoms with Crippen LogP contribution in [0.5, 0.6) is 0 Å². The number of nitro benzene ring substituents is 1. The molecule has 3 rings (SSSR count). The molecule has 7 nitrogen and oxygen atoms in total. The third kappa shape index (κ3) is 4.46. The summed E-state index contributed by atoms with van der Waals surface area (Å²) in [5.74, 6) is 0.745. The number of nitrogens with zero attached hydrogens (tertiary/aromatic N) is 2. The van der Waals surface area contributed by atoms with Crippen molar-refractivity contribution in [2.24, 2.45) is 5.92 Å². The normalized spacial score (nSPS) is 19.6. The third-order valence-electron chi connectivity index (χ3n) is 5.05. The largest absolute Gasteiger partial charge is 0.457 e. The maximum absolute atomic E-state index is 12.5. The lowest BCUT2D eigenvalue weighted by molar-refractivity contribution is -0.384. The molecule has 2 atom stereocenters. The number of furan rings is 1. The number of non-ortho nitro benzene ring substituents is 1. The van der Waals surface area contributed by atoms with Crippen LogP contribution in [0.25, 0.3) is 17.4 Å². The molecule has 1 heterocycles. The summed E-state index contributed by atoms with van der Waals surface area (Å²) in [6.45, 7) is 2.11. The highest BCUT2D eigenvalue weighted by Gasteiger charge is 2.24. The van der Waals surface area contributed by atoms with Gasteiger partial charge in [-0.15, -0.1) is 0 Å². The van der Waals surface area contributed by atoms with E-state index in [9.17, 15) is 20.2 Å². The molecule has 0 saturated heterocycles. The van der Waals surface area contributed by atoms with Crippen LogP contribution in [0.4, 0.5) is 5.69 Å². The van der Waals surface area contributed by atoms with E-state index in [1.54, 1.807) is 24.3 Å². The summed E-state index contributed by atoms with van der Waals surface area (Å²) < 4.78 is 5.67. The van der Waals surface area contributed by atoms with Gasteiger partial charge in [0, 0.05) is 29.8 Å².